The molecule has 0 saturated carbocycles. The first-order chi connectivity index (χ1) is 12.1. The minimum Gasteiger partial charge on any atom is -0.356 e. The van der Waals surface area contributed by atoms with Crippen LogP contribution in [0, 0.1) is 0 Å². The van der Waals surface area contributed by atoms with Gasteiger partial charge in [-0.2, -0.15) is 0 Å². The maximum Gasteiger partial charge on any atom is 0.270 e. The number of para-hydroxylation sites is 2. The molecule has 0 spiro atoms. The average molecular weight is 344 g/mol. The summed E-state index contributed by atoms with van der Waals surface area (Å²) in [5.41, 5.74) is 1.66. The van der Waals surface area contributed by atoms with E-state index >= 15 is 0 Å². The molecule has 0 aliphatic heterocycles. The number of unbranched alkanes of at least 4 members (excludes halogenated alkanes) is 1. The quantitative estimate of drug-likeness (QED) is 0.647. The second kappa shape index (κ2) is 9.93. The number of hydrogen-bond acceptors (Lipinski definition) is 4. The van der Waals surface area contributed by atoms with Crippen LogP contribution in [-0.2, 0) is 11.2 Å². The van der Waals surface area contributed by atoms with E-state index in [1.54, 1.807) is 0 Å². The molecule has 6 heteroatoms. The van der Waals surface area contributed by atoms with Crippen molar-refractivity contribution in [1.29, 1.82) is 0 Å². The van der Waals surface area contributed by atoms with Crippen LogP contribution in [0.15, 0.2) is 29.1 Å². The summed E-state index contributed by atoms with van der Waals surface area (Å²) in [6.07, 6.45) is 2.68. The number of amides is 1. The normalized spacial score (nSPS) is 11.2. The zero-order valence-corrected chi connectivity index (χ0v) is 15.2. The van der Waals surface area contributed by atoms with Gasteiger partial charge in [0.25, 0.3) is 5.56 Å². The lowest BCUT2D eigenvalue weighted by Crippen LogP contribution is -2.28. The molecular weight excluding hydrogens is 316 g/mol. The number of rotatable bonds is 10. The molecule has 25 heavy (non-hydrogen) atoms. The fraction of sp³-hybridized carbons (Fsp3) is 0.526. The van der Waals surface area contributed by atoms with Crippen molar-refractivity contribution in [3.63, 3.8) is 0 Å². The first-order valence-corrected chi connectivity index (χ1v) is 9.11. The lowest BCUT2D eigenvalue weighted by atomic mass is 10.2. The maximum absolute atomic E-state index is 12.0. The van der Waals surface area contributed by atoms with E-state index in [2.05, 4.69) is 34.0 Å². The van der Waals surface area contributed by atoms with E-state index in [-0.39, 0.29) is 17.9 Å². The van der Waals surface area contributed by atoms with Crippen LogP contribution in [0.4, 0.5) is 0 Å². The van der Waals surface area contributed by atoms with Crippen LogP contribution in [0.5, 0.6) is 0 Å². The summed E-state index contributed by atoms with van der Waals surface area (Å²) in [5, 5.41) is 2.92. The SMILES string of the molecule is CCN(CC)CCCCNC(=O)CCc1nc2ccccc2[nH]c1=O. The van der Waals surface area contributed by atoms with E-state index in [9.17, 15) is 9.59 Å². The molecule has 0 bridgehead atoms. The highest BCUT2D eigenvalue weighted by Crippen LogP contribution is 2.06. The zero-order valence-electron chi connectivity index (χ0n) is 15.2. The third-order valence-corrected chi connectivity index (χ3v) is 4.38. The molecule has 0 saturated heterocycles. The van der Waals surface area contributed by atoms with Gasteiger partial charge in [0.2, 0.25) is 5.91 Å². The minimum absolute atomic E-state index is 0.0304. The fourth-order valence-corrected chi connectivity index (χ4v) is 2.79. The van der Waals surface area contributed by atoms with Gasteiger partial charge < -0.3 is 15.2 Å². The Morgan fingerprint density at radius 2 is 1.96 bits per heavy atom. The van der Waals surface area contributed by atoms with Gasteiger partial charge in [0, 0.05) is 19.4 Å². The molecule has 0 aliphatic rings. The molecule has 2 N–H and O–H groups in total. The Hall–Kier alpha value is -2.21. The van der Waals surface area contributed by atoms with Crippen molar-refractivity contribution >= 4 is 16.9 Å². The van der Waals surface area contributed by atoms with Crippen molar-refractivity contribution in [2.45, 2.75) is 39.5 Å². The first-order valence-electron chi connectivity index (χ1n) is 9.11. The number of carbonyl (C=O) groups excluding carboxylic acids is 1. The summed E-state index contributed by atoms with van der Waals surface area (Å²) < 4.78 is 0. The smallest absolute Gasteiger partial charge is 0.270 e. The molecule has 0 fully saturated rings. The number of fused-ring (bicyclic) bond motifs is 1. The molecule has 2 aromatic rings. The Kier molecular flexibility index (Phi) is 7.60. The number of aromatic amines is 1. The molecule has 1 heterocycles. The van der Waals surface area contributed by atoms with Crippen molar-refractivity contribution in [2.75, 3.05) is 26.2 Å². The van der Waals surface area contributed by atoms with E-state index in [0.29, 0.717) is 24.2 Å². The van der Waals surface area contributed by atoms with Gasteiger partial charge in [-0.1, -0.05) is 26.0 Å². The highest BCUT2D eigenvalue weighted by atomic mass is 16.1. The third-order valence-electron chi connectivity index (χ3n) is 4.38. The molecule has 1 amide bonds. The average Bonchev–Trinajstić information content (AvgIpc) is 2.63. The van der Waals surface area contributed by atoms with Crippen molar-refractivity contribution in [2.24, 2.45) is 0 Å². The molecule has 0 atom stereocenters. The Morgan fingerprint density at radius 1 is 1.20 bits per heavy atom. The predicted octanol–water partition coefficient (Wildman–Crippen LogP) is 2.09. The lowest BCUT2D eigenvalue weighted by molar-refractivity contribution is -0.121. The van der Waals surface area contributed by atoms with E-state index < -0.39 is 0 Å². The second-order valence-electron chi connectivity index (χ2n) is 6.11. The zero-order chi connectivity index (χ0) is 18.1. The van der Waals surface area contributed by atoms with Gasteiger partial charge >= 0.3 is 0 Å². The Bertz CT molecular complexity index is 738. The third kappa shape index (κ3) is 5.98. The predicted molar refractivity (Wildman–Crippen MR) is 101 cm³/mol. The molecule has 0 unspecified atom stereocenters. The number of nitrogens with one attached hydrogen (secondary N) is 2. The Morgan fingerprint density at radius 3 is 2.72 bits per heavy atom. The maximum atomic E-state index is 12.0. The monoisotopic (exact) mass is 344 g/mol. The first kappa shape index (κ1) is 19.1. The second-order valence-corrected chi connectivity index (χ2v) is 6.11. The minimum atomic E-state index is -0.217. The molecular formula is C19H28N4O2. The van der Waals surface area contributed by atoms with Crippen molar-refractivity contribution in [1.82, 2.24) is 20.2 Å². The fourth-order valence-electron chi connectivity index (χ4n) is 2.79. The largest absolute Gasteiger partial charge is 0.356 e. The summed E-state index contributed by atoms with van der Waals surface area (Å²) in [7, 11) is 0. The van der Waals surface area contributed by atoms with Gasteiger partial charge in [-0.15, -0.1) is 0 Å². The summed E-state index contributed by atoms with van der Waals surface area (Å²) in [4.78, 5) is 33.5. The number of aryl methyl sites for hydroxylation is 1. The van der Waals surface area contributed by atoms with Crippen molar-refractivity contribution in [3.8, 4) is 0 Å². The summed E-state index contributed by atoms with van der Waals surface area (Å²) in [6, 6.07) is 7.40. The number of nitrogens with zero attached hydrogens (tertiary/aromatic N) is 2. The molecule has 1 aromatic heterocycles. The highest BCUT2D eigenvalue weighted by molar-refractivity contribution is 5.76. The van der Waals surface area contributed by atoms with E-state index in [1.807, 2.05) is 24.3 Å². The van der Waals surface area contributed by atoms with E-state index in [1.165, 1.54) is 0 Å². The summed E-state index contributed by atoms with van der Waals surface area (Å²) in [5.74, 6) is -0.0304. The van der Waals surface area contributed by atoms with Crippen LogP contribution in [0.25, 0.3) is 11.0 Å². The van der Waals surface area contributed by atoms with Crippen molar-refractivity contribution in [3.05, 3.63) is 40.3 Å². The Balaban J connectivity index is 1.73. The van der Waals surface area contributed by atoms with Crippen LogP contribution < -0.4 is 10.9 Å². The van der Waals surface area contributed by atoms with Crippen LogP contribution in [0.1, 0.15) is 38.8 Å². The molecule has 6 nitrogen and oxygen atoms in total. The van der Waals surface area contributed by atoms with Crippen LogP contribution in [-0.4, -0.2) is 47.0 Å². The standard InChI is InChI=1S/C19H28N4O2/c1-3-23(4-2)14-8-7-13-20-18(24)12-11-17-19(25)22-16-10-6-5-9-15(16)21-17/h5-6,9-10H,3-4,7-8,11-14H2,1-2H3,(H,20,24)(H,22,25). The number of H-pyrrole nitrogens is 1. The van der Waals surface area contributed by atoms with Gasteiger partial charge in [-0.3, -0.25) is 9.59 Å². The van der Waals surface area contributed by atoms with E-state index in [4.69, 9.17) is 0 Å². The topological polar surface area (TPSA) is 78.1 Å². The Labute approximate surface area is 148 Å². The van der Waals surface area contributed by atoms with E-state index in [0.717, 1.165) is 38.0 Å². The molecule has 136 valence electrons. The van der Waals surface area contributed by atoms with Gasteiger partial charge in [-0.05, 0) is 44.6 Å². The number of hydrogen-bond donors (Lipinski definition) is 2. The van der Waals surface area contributed by atoms with Crippen LogP contribution in [0.3, 0.4) is 0 Å². The number of aromatic nitrogens is 2. The van der Waals surface area contributed by atoms with Crippen LogP contribution in [0.2, 0.25) is 0 Å². The van der Waals surface area contributed by atoms with Gasteiger partial charge in [0.15, 0.2) is 0 Å². The van der Waals surface area contributed by atoms with Crippen LogP contribution >= 0.6 is 0 Å². The van der Waals surface area contributed by atoms with Gasteiger partial charge in [-0.25, -0.2) is 4.98 Å². The molecule has 0 radical (unpaired) electrons. The van der Waals surface area contributed by atoms with Gasteiger partial charge in [0.05, 0.1) is 11.0 Å². The van der Waals surface area contributed by atoms with Crippen molar-refractivity contribution < 1.29 is 4.79 Å². The summed E-state index contributed by atoms with van der Waals surface area (Å²) in [6.45, 7) is 8.20. The molecule has 0 aliphatic carbocycles. The lowest BCUT2D eigenvalue weighted by Gasteiger charge is -2.17. The van der Waals surface area contributed by atoms with Gasteiger partial charge in [0.1, 0.15) is 5.69 Å². The number of carbonyl (C=O) groups is 1. The highest BCUT2D eigenvalue weighted by Gasteiger charge is 2.08. The summed E-state index contributed by atoms with van der Waals surface area (Å²) >= 11 is 0. The molecule has 1 aromatic carbocycles. The molecule has 2 rings (SSSR count). The number of benzene rings is 1.